The summed E-state index contributed by atoms with van der Waals surface area (Å²) < 4.78 is 5.48. The molecule has 0 bridgehead atoms. The maximum Gasteiger partial charge on any atom is 0.408 e. The van der Waals surface area contributed by atoms with Gasteiger partial charge in [0.1, 0.15) is 18.7 Å². The molecule has 13 nitrogen and oxygen atoms in total. The molecule has 5 rings (SSSR count). The Morgan fingerprint density at radius 1 is 0.818 bits per heavy atom. The molecule has 288 valence electrons. The number of carbonyl (C=O) groups is 4. The van der Waals surface area contributed by atoms with Crippen molar-refractivity contribution >= 4 is 34.6 Å². The molecule has 4 amide bonds. The third kappa shape index (κ3) is 12.8. The van der Waals surface area contributed by atoms with E-state index in [-0.39, 0.29) is 37.7 Å². The van der Waals surface area contributed by atoms with E-state index >= 15 is 0 Å². The lowest BCUT2D eigenvalue weighted by Gasteiger charge is -2.29. The van der Waals surface area contributed by atoms with Gasteiger partial charge in [-0.3, -0.25) is 19.4 Å². The summed E-state index contributed by atoms with van der Waals surface area (Å²) in [5.74, 6) is -1.49. The van der Waals surface area contributed by atoms with Crippen molar-refractivity contribution < 1.29 is 29.0 Å². The van der Waals surface area contributed by atoms with Gasteiger partial charge in [-0.15, -0.1) is 0 Å². The van der Waals surface area contributed by atoms with E-state index in [0.29, 0.717) is 25.1 Å². The van der Waals surface area contributed by atoms with E-state index in [9.17, 15) is 24.3 Å². The number of aliphatic hydroxyl groups excluding tert-OH is 1. The Bertz CT molecular complexity index is 1970. The quantitative estimate of drug-likeness (QED) is 0.0727. The number of nitrogens with one attached hydrogen (secondary N) is 5. The number of aromatic amines is 1. The Morgan fingerprint density at radius 3 is 2.29 bits per heavy atom. The van der Waals surface area contributed by atoms with Gasteiger partial charge in [0, 0.05) is 49.6 Å². The first-order valence-corrected chi connectivity index (χ1v) is 18.5. The van der Waals surface area contributed by atoms with E-state index in [1.165, 1.54) is 6.33 Å². The highest BCUT2D eigenvalue weighted by Crippen LogP contribution is 2.20. The second kappa shape index (κ2) is 20.4. The summed E-state index contributed by atoms with van der Waals surface area (Å²) >= 11 is 0. The molecule has 2 heterocycles. The number of ether oxygens (including phenoxy) is 1. The summed E-state index contributed by atoms with van der Waals surface area (Å²) in [5, 5.41) is 24.4. The zero-order valence-electron chi connectivity index (χ0n) is 31.1. The lowest BCUT2D eigenvalue weighted by atomic mass is 9.96. The van der Waals surface area contributed by atoms with E-state index in [2.05, 4.69) is 36.2 Å². The molecule has 13 heteroatoms. The summed E-state index contributed by atoms with van der Waals surface area (Å²) in [4.78, 5) is 65.5. The largest absolute Gasteiger partial charge is 0.445 e. The first kappa shape index (κ1) is 40.1. The minimum atomic E-state index is -1.20. The van der Waals surface area contributed by atoms with Crippen LogP contribution in [-0.2, 0) is 45.0 Å². The van der Waals surface area contributed by atoms with Crippen molar-refractivity contribution in [2.75, 3.05) is 6.54 Å². The SMILES string of the molecule is CC(C)C[C@H](NC(=O)[C@H](Cc1cnc[nH]1)NC(=O)[C@H](Cc1cccc2ccccc12)NC(=O)OCc1ccccc1)[C@@H](O)CC(=O)NCCc1ccccn1. The number of pyridine rings is 1. The molecule has 0 aliphatic rings. The molecule has 0 spiro atoms. The molecule has 3 aromatic carbocycles. The number of H-pyrrole nitrogens is 1. The number of amides is 4. The minimum absolute atomic E-state index is 0.00194. The molecule has 2 aromatic heterocycles. The van der Waals surface area contributed by atoms with Crippen LogP contribution in [0.1, 0.15) is 49.2 Å². The van der Waals surface area contributed by atoms with Gasteiger partial charge in [0.05, 0.1) is 24.9 Å². The van der Waals surface area contributed by atoms with Crippen molar-refractivity contribution in [1.82, 2.24) is 36.2 Å². The normalized spacial score (nSPS) is 13.3. The zero-order chi connectivity index (χ0) is 39.0. The van der Waals surface area contributed by atoms with Crippen molar-refractivity contribution in [3.63, 3.8) is 0 Å². The lowest BCUT2D eigenvalue weighted by molar-refractivity contribution is -0.131. The fraction of sp³-hybridized carbons (Fsp3) is 0.333. The molecule has 6 N–H and O–H groups in total. The van der Waals surface area contributed by atoms with Crippen molar-refractivity contribution in [1.29, 1.82) is 0 Å². The van der Waals surface area contributed by atoms with Gasteiger partial charge in [-0.05, 0) is 46.4 Å². The Kier molecular flexibility index (Phi) is 14.9. The number of hydrogen-bond acceptors (Lipinski definition) is 8. The van der Waals surface area contributed by atoms with E-state index in [0.717, 1.165) is 27.6 Å². The van der Waals surface area contributed by atoms with Crippen molar-refractivity contribution in [2.24, 2.45) is 5.92 Å². The average Bonchev–Trinajstić information content (AvgIpc) is 3.70. The van der Waals surface area contributed by atoms with E-state index < -0.39 is 42.1 Å². The predicted octanol–water partition coefficient (Wildman–Crippen LogP) is 4.16. The molecule has 0 radical (unpaired) electrons. The van der Waals surface area contributed by atoms with Gasteiger partial charge in [0.2, 0.25) is 17.7 Å². The summed E-state index contributed by atoms with van der Waals surface area (Å²) in [6, 6.07) is 25.2. The number of nitrogens with zero attached hydrogens (tertiary/aromatic N) is 2. The fourth-order valence-electron chi connectivity index (χ4n) is 6.29. The smallest absolute Gasteiger partial charge is 0.408 e. The van der Waals surface area contributed by atoms with E-state index in [1.54, 1.807) is 12.4 Å². The molecule has 0 saturated carbocycles. The molecule has 0 unspecified atom stereocenters. The second-order valence-electron chi connectivity index (χ2n) is 13.9. The molecule has 0 saturated heterocycles. The number of carbonyl (C=O) groups excluding carboxylic acids is 4. The Labute approximate surface area is 320 Å². The van der Waals surface area contributed by atoms with Gasteiger partial charge in [-0.25, -0.2) is 9.78 Å². The highest BCUT2D eigenvalue weighted by atomic mass is 16.5. The Morgan fingerprint density at radius 2 is 1.55 bits per heavy atom. The van der Waals surface area contributed by atoms with Crippen LogP contribution in [0.5, 0.6) is 0 Å². The number of fused-ring (bicyclic) bond motifs is 1. The number of aromatic nitrogens is 3. The molecule has 0 aliphatic carbocycles. The van der Waals surface area contributed by atoms with Gasteiger partial charge in [0.25, 0.3) is 0 Å². The van der Waals surface area contributed by atoms with Crippen molar-refractivity contribution in [3.8, 4) is 0 Å². The zero-order valence-corrected chi connectivity index (χ0v) is 31.1. The maximum atomic E-state index is 14.2. The Balaban J connectivity index is 1.30. The fourth-order valence-corrected chi connectivity index (χ4v) is 6.29. The lowest BCUT2D eigenvalue weighted by Crippen LogP contribution is -2.57. The molecular weight excluding hydrogens is 699 g/mol. The predicted molar refractivity (Wildman–Crippen MR) is 208 cm³/mol. The molecule has 5 aromatic rings. The highest BCUT2D eigenvalue weighted by molar-refractivity contribution is 5.93. The van der Waals surface area contributed by atoms with Crippen molar-refractivity contribution in [3.05, 3.63) is 132 Å². The van der Waals surface area contributed by atoms with Crippen LogP contribution in [0.3, 0.4) is 0 Å². The van der Waals surface area contributed by atoms with Crippen LogP contribution < -0.4 is 21.3 Å². The highest BCUT2D eigenvalue weighted by Gasteiger charge is 2.32. The van der Waals surface area contributed by atoms with Crippen LogP contribution >= 0.6 is 0 Å². The molecule has 0 aliphatic heterocycles. The summed E-state index contributed by atoms with van der Waals surface area (Å²) in [6.07, 6.45) is 3.52. The first-order chi connectivity index (χ1) is 26.6. The van der Waals surface area contributed by atoms with Crippen LogP contribution in [0.15, 0.2) is 110 Å². The molecular formula is C42H49N7O6. The second-order valence-corrected chi connectivity index (χ2v) is 13.9. The number of aliphatic hydroxyl groups is 1. The first-order valence-electron chi connectivity index (χ1n) is 18.5. The maximum absolute atomic E-state index is 14.2. The van der Waals surface area contributed by atoms with Gasteiger partial charge < -0.3 is 36.1 Å². The Hall–Kier alpha value is -6.08. The number of hydrogen-bond donors (Lipinski definition) is 6. The number of imidazole rings is 1. The van der Waals surface area contributed by atoms with Gasteiger partial charge in [-0.1, -0.05) is 92.7 Å². The van der Waals surface area contributed by atoms with Crippen molar-refractivity contribution in [2.45, 2.75) is 76.8 Å². The van der Waals surface area contributed by atoms with Crippen LogP contribution in [0, 0.1) is 5.92 Å². The number of benzene rings is 3. The topological polar surface area (TPSA) is 187 Å². The minimum Gasteiger partial charge on any atom is -0.445 e. The van der Waals surface area contributed by atoms with E-state index in [4.69, 9.17) is 4.74 Å². The number of alkyl carbamates (subject to hydrolysis) is 1. The van der Waals surface area contributed by atoms with Gasteiger partial charge in [0.15, 0.2) is 0 Å². The summed E-state index contributed by atoms with van der Waals surface area (Å²) in [6.45, 7) is 4.24. The summed E-state index contributed by atoms with van der Waals surface area (Å²) in [7, 11) is 0. The van der Waals surface area contributed by atoms with Crippen LogP contribution in [-0.4, -0.2) is 74.6 Å². The molecule has 0 fully saturated rings. The molecule has 4 atom stereocenters. The standard InChI is InChI=1S/C42H49N7O6/c1-28(2)21-35(38(50)24-39(51)45-20-18-32-16-8-9-19-44-32)47-41(53)37(23-33-25-43-27-46-33)48-40(52)36(49-42(54)55-26-29-11-4-3-5-12-29)22-31-15-10-14-30-13-6-7-17-34(30)31/h3-17,19,25,27-28,35-38,50H,18,20-24,26H2,1-2H3,(H,43,46)(H,45,51)(H,47,53)(H,48,52)(H,49,54)/t35-,36-,37-,38-/m0/s1. The van der Waals surface area contributed by atoms with Gasteiger partial charge in [-0.2, -0.15) is 0 Å². The van der Waals surface area contributed by atoms with E-state index in [1.807, 2.05) is 105 Å². The van der Waals surface area contributed by atoms with Crippen LogP contribution in [0.25, 0.3) is 10.8 Å². The molecule has 55 heavy (non-hydrogen) atoms. The van der Waals surface area contributed by atoms with Crippen LogP contribution in [0.2, 0.25) is 0 Å². The third-order valence-electron chi connectivity index (χ3n) is 9.08. The monoisotopic (exact) mass is 747 g/mol. The third-order valence-corrected chi connectivity index (χ3v) is 9.08. The summed E-state index contributed by atoms with van der Waals surface area (Å²) in [5.41, 5.74) is 3.01. The van der Waals surface area contributed by atoms with Gasteiger partial charge >= 0.3 is 6.09 Å². The average molecular weight is 748 g/mol. The van der Waals surface area contributed by atoms with Crippen LogP contribution in [0.4, 0.5) is 4.79 Å². The number of rotatable bonds is 19.